The van der Waals surface area contributed by atoms with Crippen LogP contribution < -0.4 is 0 Å². The van der Waals surface area contributed by atoms with Gasteiger partial charge >= 0.3 is 0 Å². The highest BCUT2D eigenvalue weighted by Gasteiger charge is 2.21. The monoisotopic (exact) mass is 268 g/mol. The number of likely N-dealkylation sites (N-methyl/N-ethyl adjacent to an activating group) is 1. The van der Waals surface area contributed by atoms with E-state index in [9.17, 15) is 9.90 Å². The van der Waals surface area contributed by atoms with E-state index in [1.165, 1.54) is 6.07 Å². The maximum absolute atomic E-state index is 12.3. The summed E-state index contributed by atoms with van der Waals surface area (Å²) in [5, 5.41) is 10.1. The largest absolute Gasteiger partial charge is 0.508 e. The molecular formula is C13H17ClN2O2. The Morgan fingerprint density at radius 3 is 2.44 bits per heavy atom. The summed E-state index contributed by atoms with van der Waals surface area (Å²) >= 11 is 5.99. The van der Waals surface area contributed by atoms with Gasteiger partial charge < -0.3 is 14.9 Å². The van der Waals surface area contributed by atoms with Crippen molar-refractivity contribution in [3.05, 3.63) is 28.3 Å². The second-order valence-electron chi connectivity index (χ2n) is 4.70. The normalized spacial score (nSPS) is 16.9. The number of amides is 1. The molecule has 1 aromatic carbocycles. The molecule has 4 nitrogen and oxygen atoms in total. The van der Waals surface area contributed by atoms with E-state index in [4.69, 9.17) is 11.6 Å². The number of piperazine rings is 1. The molecule has 1 N–H and O–H groups in total. The maximum Gasteiger partial charge on any atom is 0.254 e. The van der Waals surface area contributed by atoms with Gasteiger partial charge in [-0.15, -0.1) is 0 Å². The van der Waals surface area contributed by atoms with Gasteiger partial charge in [-0.25, -0.2) is 0 Å². The van der Waals surface area contributed by atoms with Gasteiger partial charge in [0.2, 0.25) is 0 Å². The minimum atomic E-state index is -0.0692. The molecule has 0 bridgehead atoms. The lowest BCUT2D eigenvalue weighted by Crippen LogP contribution is -2.47. The molecule has 1 heterocycles. The average molecular weight is 269 g/mol. The Morgan fingerprint density at radius 1 is 1.28 bits per heavy atom. The van der Waals surface area contributed by atoms with E-state index in [1.54, 1.807) is 17.9 Å². The lowest BCUT2D eigenvalue weighted by Gasteiger charge is -2.32. The number of halogens is 1. The standard InChI is InChI=1S/C13H17ClN2O2/c1-9-11(14)7-10(8-12(9)17)13(18)16-5-3-15(2)4-6-16/h7-8,17H,3-6H2,1-2H3. The quantitative estimate of drug-likeness (QED) is 0.844. The van der Waals surface area contributed by atoms with Crippen LogP contribution in [0.15, 0.2) is 12.1 Å². The Labute approximate surface area is 112 Å². The Kier molecular flexibility index (Phi) is 3.78. The number of carbonyl (C=O) groups is 1. The van der Waals surface area contributed by atoms with E-state index in [1.807, 2.05) is 7.05 Å². The van der Waals surface area contributed by atoms with Crippen molar-refractivity contribution in [2.45, 2.75) is 6.92 Å². The molecule has 0 spiro atoms. The molecular weight excluding hydrogens is 252 g/mol. The number of carbonyl (C=O) groups excluding carboxylic acids is 1. The van der Waals surface area contributed by atoms with Gasteiger partial charge in [0.15, 0.2) is 0 Å². The third-order valence-corrected chi connectivity index (χ3v) is 3.75. The molecule has 0 unspecified atom stereocenters. The highest BCUT2D eigenvalue weighted by atomic mass is 35.5. The van der Waals surface area contributed by atoms with Crippen LogP contribution in [0.4, 0.5) is 0 Å². The van der Waals surface area contributed by atoms with Crippen molar-refractivity contribution >= 4 is 17.5 Å². The molecule has 1 saturated heterocycles. The summed E-state index contributed by atoms with van der Waals surface area (Å²) in [6, 6.07) is 3.11. The maximum atomic E-state index is 12.3. The lowest BCUT2D eigenvalue weighted by molar-refractivity contribution is 0.0663. The summed E-state index contributed by atoms with van der Waals surface area (Å²) in [5.41, 5.74) is 1.05. The van der Waals surface area contributed by atoms with Crippen molar-refractivity contribution in [2.24, 2.45) is 0 Å². The molecule has 1 amide bonds. The predicted octanol–water partition coefficient (Wildman–Crippen LogP) is 1.74. The van der Waals surface area contributed by atoms with Crippen molar-refractivity contribution in [3.63, 3.8) is 0 Å². The van der Waals surface area contributed by atoms with Crippen LogP contribution >= 0.6 is 11.6 Å². The number of hydrogen-bond acceptors (Lipinski definition) is 3. The smallest absolute Gasteiger partial charge is 0.254 e. The van der Waals surface area contributed by atoms with Crippen LogP contribution in [0.1, 0.15) is 15.9 Å². The molecule has 0 aromatic heterocycles. The number of aromatic hydroxyl groups is 1. The van der Waals surface area contributed by atoms with Crippen molar-refractivity contribution in [1.82, 2.24) is 9.80 Å². The first-order valence-electron chi connectivity index (χ1n) is 5.96. The van der Waals surface area contributed by atoms with Crippen LogP contribution in [-0.4, -0.2) is 54.0 Å². The summed E-state index contributed by atoms with van der Waals surface area (Å²) in [5.74, 6) is 0.000257. The summed E-state index contributed by atoms with van der Waals surface area (Å²) in [6.45, 7) is 4.89. The van der Waals surface area contributed by atoms with Gasteiger partial charge in [-0.05, 0) is 26.1 Å². The Hall–Kier alpha value is -1.26. The fraction of sp³-hybridized carbons (Fsp3) is 0.462. The molecule has 1 aliphatic rings. The van der Waals surface area contributed by atoms with Crippen LogP contribution in [-0.2, 0) is 0 Å². The highest BCUT2D eigenvalue weighted by Crippen LogP contribution is 2.27. The number of rotatable bonds is 1. The molecule has 1 fully saturated rings. The van der Waals surface area contributed by atoms with E-state index in [0.717, 1.165) is 13.1 Å². The van der Waals surface area contributed by atoms with Crippen LogP contribution in [0.2, 0.25) is 5.02 Å². The Balaban J connectivity index is 2.19. The van der Waals surface area contributed by atoms with Gasteiger partial charge in [0.25, 0.3) is 5.91 Å². The predicted molar refractivity (Wildman–Crippen MR) is 71.3 cm³/mol. The zero-order valence-corrected chi connectivity index (χ0v) is 11.4. The van der Waals surface area contributed by atoms with Gasteiger partial charge in [-0.1, -0.05) is 11.6 Å². The molecule has 18 heavy (non-hydrogen) atoms. The number of benzene rings is 1. The topological polar surface area (TPSA) is 43.8 Å². The van der Waals surface area contributed by atoms with Crippen molar-refractivity contribution in [2.75, 3.05) is 33.2 Å². The molecule has 1 aromatic rings. The molecule has 5 heteroatoms. The summed E-state index contributed by atoms with van der Waals surface area (Å²) < 4.78 is 0. The summed E-state index contributed by atoms with van der Waals surface area (Å²) in [4.78, 5) is 16.2. The molecule has 0 radical (unpaired) electrons. The molecule has 0 aliphatic carbocycles. The fourth-order valence-corrected chi connectivity index (χ4v) is 2.19. The van der Waals surface area contributed by atoms with E-state index >= 15 is 0 Å². The second-order valence-corrected chi connectivity index (χ2v) is 5.10. The van der Waals surface area contributed by atoms with Crippen LogP contribution in [0, 0.1) is 6.92 Å². The molecule has 1 aliphatic heterocycles. The third-order valence-electron chi connectivity index (χ3n) is 3.35. The number of phenolic OH excluding ortho intramolecular Hbond substituents is 1. The van der Waals surface area contributed by atoms with Crippen LogP contribution in [0.25, 0.3) is 0 Å². The molecule has 98 valence electrons. The van der Waals surface area contributed by atoms with Gasteiger partial charge in [0.05, 0.1) is 0 Å². The van der Waals surface area contributed by atoms with Gasteiger partial charge in [0, 0.05) is 42.3 Å². The highest BCUT2D eigenvalue weighted by molar-refractivity contribution is 6.32. The van der Waals surface area contributed by atoms with E-state index < -0.39 is 0 Å². The first-order chi connectivity index (χ1) is 8.49. The fourth-order valence-electron chi connectivity index (χ4n) is 1.98. The zero-order chi connectivity index (χ0) is 13.3. The van der Waals surface area contributed by atoms with Gasteiger partial charge in [-0.2, -0.15) is 0 Å². The van der Waals surface area contributed by atoms with Gasteiger partial charge in [-0.3, -0.25) is 4.79 Å². The van der Waals surface area contributed by atoms with Crippen molar-refractivity contribution in [3.8, 4) is 5.75 Å². The molecule has 2 rings (SSSR count). The van der Waals surface area contributed by atoms with E-state index in [2.05, 4.69) is 4.90 Å². The van der Waals surface area contributed by atoms with Gasteiger partial charge in [0.1, 0.15) is 5.75 Å². The summed E-state index contributed by atoms with van der Waals surface area (Å²) in [6.07, 6.45) is 0. The van der Waals surface area contributed by atoms with Crippen LogP contribution in [0.5, 0.6) is 5.75 Å². The second kappa shape index (κ2) is 5.16. The Bertz CT molecular complexity index is 445. The summed E-state index contributed by atoms with van der Waals surface area (Å²) in [7, 11) is 2.04. The molecule has 0 atom stereocenters. The third kappa shape index (κ3) is 2.60. The first-order valence-corrected chi connectivity index (χ1v) is 6.34. The number of phenols is 1. The first kappa shape index (κ1) is 13.2. The SMILES string of the molecule is Cc1c(O)cc(C(=O)N2CCN(C)CC2)cc1Cl. The zero-order valence-electron chi connectivity index (χ0n) is 10.6. The average Bonchev–Trinajstić information content (AvgIpc) is 2.35. The lowest BCUT2D eigenvalue weighted by atomic mass is 10.1. The van der Waals surface area contributed by atoms with Crippen molar-refractivity contribution in [1.29, 1.82) is 0 Å². The minimum absolute atomic E-state index is 0.0692. The number of hydrogen-bond donors (Lipinski definition) is 1. The van der Waals surface area contributed by atoms with E-state index in [-0.39, 0.29) is 11.7 Å². The minimum Gasteiger partial charge on any atom is -0.508 e. The molecule has 0 saturated carbocycles. The number of nitrogens with zero attached hydrogens (tertiary/aromatic N) is 2. The van der Waals surface area contributed by atoms with E-state index in [0.29, 0.717) is 29.2 Å². The Morgan fingerprint density at radius 2 is 1.89 bits per heavy atom. The van der Waals surface area contributed by atoms with Crippen LogP contribution in [0.3, 0.4) is 0 Å². The van der Waals surface area contributed by atoms with Crippen molar-refractivity contribution < 1.29 is 9.90 Å².